The molecule has 4 aromatic carbocycles. The van der Waals surface area contributed by atoms with E-state index in [4.69, 9.17) is 0 Å². The van der Waals surface area contributed by atoms with Crippen LogP contribution in [0, 0.1) is 5.82 Å². The van der Waals surface area contributed by atoms with E-state index in [1.165, 1.54) is 11.0 Å². The van der Waals surface area contributed by atoms with Crippen LogP contribution in [0.25, 0.3) is 10.8 Å². The Morgan fingerprint density at radius 2 is 1.68 bits per heavy atom. The van der Waals surface area contributed by atoms with Crippen LogP contribution in [0.15, 0.2) is 89.8 Å². The highest BCUT2D eigenvalue weighted by atomic mass is 32.2. The fraction of sp³-hybridized carbons (Fsp3) is 0.148. The minimum atomic E-state index is -0.285. The van der Waals surface area contributed by atoms with Gasteiger partial charge in [0.05, 0.1) is 6.54 Å². The number of thioether (sulfide) groups is 1. The van der Waals surface area contributed by atoms with Gasteiger partial charge in [0, 0.05) is 28.5 Å². The summed E-state index contributed by atoms with van der Waals surface area (Å²) >= 11 is 1.71. The van der Waals surface area contributed by atoms with Gasteiger partial charge >= 0.3 is 0 Å². The van der Waals surface area contributed by atoms with Gasteiger partial charge in [-0.2, -0.15) is 0 Å². The highest BCUT2D eigenvalue weighted by molar-refractivity contribution is 7.98. The molecule has 1 aliphatic rings. The van der Waals surface area contributed by atoms with Crippen molar-refractivity contribution in [1.82, 2.24) is 0 Å². The Morgan fingerprint density at radius 3 is 2.45 bits per heavy atom. The van der Waals surface area contributed by atoms with Crippen LogP contribution in [-0.4, -0.2) is 12.2 Å². The van der Waals surface area contributed by atoms with Crippen molar-refractivity contribution in [3.63, 3.8) is 0 Å². The Kier molecular flexibility index (Phi) is 5.24. The van der Waals surface area contributed by atoms with Gasteiger partial charge in [-0.15, -0.1) is 11.8 Å². The summed E-state index contributed by atoms with van der Waals surface area (Å²) in [6, 6.07) is 27.5. The first-order valence-electron chi connectivity index (χ1n) is 10.3. The molecule has 0 N–H and O–H groups in total. The molecule has 0 saturated carbocycles. The zero-order chi connectivity index (χ0) is 21.4. The van der Waals surface area contributed by atoms with Crippen LogP contribution in [0.1, 0.15) is 29.0 Å². The molecule has 1 aliphatic heterocycles. The lowest BCUT2D eigenvalue weighted by molar-refractivity contribution is -0.119. The fourth-order valence-electron chi connectivity index (χ4n) is 4.50. The summed E-state index contributed by atoms with van der Waals surface area (Å²) in [5, 5.41) is 2.29. The van der Waals surface area contributed by atoms with Crippen LogP contribution in [0.2, 0.25) is 0 Å². The number of amides is 1. The zero-order valence-electron chi connectivity index (χ0n) is 17.2. The molecule has 0 spiro atoms. The number of benzene rings is 4. The third kappa shape index (κ3) is 3.61. The van der Waals surface area contributed by atoms with Crippen LogP contribution in [0.3, 0.4) is 0 Å². The molecule has 31 heavy (non-hydrogen) atoms. The van der Waals surface area contributed by atoms with E-state index < -0.39 is 0 Å². The third-order valence-electron chi connectivity index (χ3n) is 6.07. The third-order valence-corrected chi connectivity index (χ3v) is 6.81. The van der Waals surface area contributed by atoms with E-state index in [1.54, 1.807) is 28.8 Å². The molecular weight excluding hydrogens is 405 g/mol. The Hall–Kier alpha value is -3.11. The number of halogens is 1. The predicted molar refractivity (Wildman–Crippen MR) is 126 cm³/mol. The molecule has 0 saturated heterocycles. The maximum absolute atomic E-state index is 14.4. The monoisotopic (exact) mass is 427 g/mol. The molecule has 1 amide bonds. The summed E-state index contributed by atoms with van der Waals surface area (Å²) in [6.45, 7) is 0.231. The summed E-state index contributed by atoms with van der Waals surface area (Å²) < 4.78 is 14.4. The number of anilines is 1. The molecule has 1 heterocycles. The van der Waals surface area contributed by atoms with Gasteiger partial charge < -0.3 is 4.90 Å². The van der Waals surface area contributed by atoms with Crippen molar-refractivity contribution in [1.29, 1.82) is 0 Å². The molecule has 5 rings (SSSR count). The molecule has 0 radical (unpaired) electrons. The standard InChI is InChI=1S/C27H22FNOS/c1-31-21-13-10-19(11-14-21)23-16-26(30)29(17-20-7-3-5-9-24(20)28)25-15-12-18-6-2-4-8-22(18)27(23)25/h2-15,23H,16-17H2,1H3. The molecular formula is C27H22FNOS. The zero-order valence-corrected chi connectivity index (χ0v) is 18.0. The number of hydrogen-bond acceptors (Lipinski definition) is 2. The summed E-state index contributed by atoms with van der Waals surface area (Å²) in [4.78, 5) is 16.3. The Bertz CT molecular complexity index is 1270. The van der Waals surface area contributed by atoms with E-state index in [0.717, 1.165) is 27.6 Å². The van der Waals surface area contributed by atoms with Gasteiger partial charge in [0.1, 0.15) is 5.82 Å². The highest BCUT2D eigenvalue weighted by Gasteiger charge is 2.34. The Morgan fingerprint density at radius 1 is 0.935 bits per heavy atom. The molecule has 4 heteroatoms. The number of hydrogen-bond donors (Lipinski definition) is 0. The van der Waals surface area contributed by atoms with Crippen LogP contribution >= 0.6 is 11.8 Å². The highest BCUT2D eigenvalue weighted by Crippen LogP contribution is 2.44. The van der Waals surface area contributed by atoms with Crippen molar-refractivity contribution >= 4 is 34.1 Å². The molecule has 0 aliphatic carbocycles. The lowest BCUT2D eigenvalue weighted by Gasteiger charge is -2.35. The quantitative estimate of drug-likeness (QED) is 0.335. The maximum Gasteiger partial charge on any atom is 0.228 e. The number of rotatable bonds is 4. The minimum Gasteiger partial charge on any atom is -0.308 e. The topological polar surface area (TPSA) is 20.3 Å². The van der Waals surface area contributed by atoms with Crippen molar-refractivity contribution in [2.45, 2.75) is 23.8 Å². The van der Waals surface area contributed by atoms with Crippen molar-refractivity contribution in [3.05, 3.63) is 107 Å². The van der Waals surface area contributed by atoms with E-state index >= 15 is 0 Å². The molecule has 1 atom stereocenters. The number of carbonyl (C=O) groups excluding carboxylic acids is 1. The summed E-state index contributed by atoms with van der Waals surface area (Å²) in [5.74, 6) is -0.293. The van der Waals surface area contributed by atoms with Crippen LogP contribution in [0.4, 0.5) is 10.1 Å². The average Bonchev–Trinajstić information content (AvgIpc) is 2.81. The predicted octanol–water partition coefficient (Wildman–Crippen LogP) is 6.77. The number of carbonyl (C=O) groups is 1. The largest absolute Gasteiger partial charge is 0.308 e. The number of nitrogens with zero attached hydrogens (tertiary/aromatic N) is 1. The Balaban J connectivity index is 1.67. The van der Waals surface area contributed by atoms with Crippen molar-refractivity contribution < 1.29 is 9.18 Å². The lowest BCUT2D eigenvalue weighted by atomic mass is 9.81. The summed E-state index contributed by atoms with van der Waals surface area (Å²) in [5.41, 5.74) is 3.68. The Labute approximate surface area is 185 Å². The molecule has 4 aromatic rings. The smallest absolute Gasteiger partial charge is 0.228 e. The van der Waals surface area contributed by atoms with Gasteiger partial charge in [-0.3, -0.25) is 4.79 Å². The first-order valence-corrected chi connectivity index (χ1v) is 11.6. The summed E-state index contributed by atoms with van der Waals surface area (Å²) in [7, 11) is 0. The van der Waals surface area contributed by atoms with E-state index in [0.29, 0.717) is 12.0 Å². The van der Waals surface area contributed by atoms with Crippen LogP contribution in [-0.2, 0) is 11.3 Å². The van der Waals surface area contributed by atoms with Crippen LogP contribution < -0.4 is 4.90 Å². The van der Waals surface area contributed by atoms with Crippen molar-refractivity contribution in [3.8, 4) is 0 Å². The van der Waals surface area contributed by atoms with Gasteiger partial charge in [0.15, 0.2) is 0 Å². The van der Waals surface area contributed by atoms with Crippen LogP contribution in [0.5, 0.6) is 0 Å². The first-order chi connectivity index (χ1) is 15.2. The van der Waals surface area contributed by atoms with Gasteiger partial charge in [0.25, 0.3) is 0 Å². The van der Waals surface area contributed by atoms with Gasteiger partial charge in [-0.05, 0) is 52.4 Å². The average molecular weight is 428 g/mol. The molecule has 0 bridgehead atoms. The fourth-order valence-corrected chi connectivity index (χ4v) is 4.91. The van der Waals surface area contributed by atoms with Gasteiger partial charge in [-0.25, -0.2) is 4.39 Å². The second-order valence-electron chi connectivity index (χ2n) is 7.82. The molecule has 154 valence electrons. The van der Waals surface area contributed by atoms with Crippen molar-refractivity contribution in [2.24, 2.45) is 0 Å². The van der Waals surface area contributed by atoms with E-state index in [1.807, 2.05) is 24.3 Å². The second-order valence-corrected chi connectivity index (χ2v) is 8.70. The number of fused-ring (bicyclic) bond motifs is 3. The SMILES string of the molecule is CSc1ccc(C2CC(=O)N(Cc3ccccc3F)c3ccc4ccccc4c32)cc1. The molecule has 0 aromatic heterocycles. The normalized spacial score (nSPS) is 15.9. The van der Waals surface area contributed by atoms with E-state index in [9.17, 15) is 9.18 Å². The molecule has 2 nitrogen and oxygen atoms in total. The van der Waals surface area contributed by atoms with Gasteiger partial charge in [-0.1, -0.05) is 60.7 Å². The summed E-state index contributed by atoms with van der Waals surface area (Å²) in [6.07, 6.45) is 2.43. The second kappa shape index (κ2) is 8.20. The minimum absolute atomic E-state index is 0.0185. The van der Waals surface area contributed by atoms with E-state index in [-0.39, 0.29) is 24.2 Å². The maximum atomic E-state index is 14.4. The van der Waals surface area contributed by atoms with E-state index in [2.05, 4.69) is 48.7 Å². The molecule has 1 unspecified atom stereocenters. The lowest BCUT2D eigenvalue weighted by Crippen LogP contribution is -2.36. The molecule has 0 fully saturated rings. The van der Waals surface area contributed by atoms with Gasteiger partial charge in [0.2, 0.25) is 5.91 Å². The van der Waals surface area contributed by atoms with Crippen molar-refractivity contribution in [2.75, 3.05) is 11.2 Å². The first kappa shape index (κ1) is 19.8.